The number of amides is 1. The van der Waals surface area contributed by atoms with Crippen molar-refractivity contribution in [2.75, 3.05) is 7.05 Å². The zero-order valence-corrected chi connectivity index (χ0v) is 13.1. The van der Waals surface area contributed by atoms with Gasteiger partial charge < -0.3 is 9.64 Å². The molecule has 1 saturated carbocycles. The molecule has 2 atom stereocenters. The van der Waals surface area contributed by atoms with Crippen LogP contribution in [0.3, 0.4) is 0 Å². The molecule has 1 aliphatic rings. The van der Waals surface area contributed by atoms with Crippen molar-refractivity contribution >= 4 is 5.91 Å². The number of aromatic amines is 1. The van der Waals surface area contributed by atoms with Crippen molar-refractivity contribution in [1.82, 2.24) is 15.1 Å². The van der Waals surface area contributed by atoms with Gasteiger partial charge in [0.05, 0.1) is 0 Å². The predicted molar refractivity (Wildman–Crippen MR) is 83.7 cm³/mol. The van der Waals surface area contributed by atoms with Gasteiger partial charge in [0.25, 0.3) is 5.91 Å². The summed E-state index contributed by atoms with van der Waals surface area (Å²) >= 11 is 0. The zero-order valence-electron chi connectivity index (χ0n) is 13.1. The summed E-state index contributed by atoms with van der Waals surface area (Å²) in [6.45, 7) is 4.29. The van der Waals surface area contributed by atoms with E-state index in [1.165, 1.54) is 0 Å². The molecule has 0 saturated heterocycles. The number of para-hydroxylation sites is 1. The zero-order chi connectivity index (χ0) is 15.7. The second kappa shape index (κ2) is 5.48. The standard InChI is InChI=1S/C17H21N3O2/c1-17(2)14(20(3)16(21)13-9-10-18-19-13)11-15(17)22-12-7-5-4-6-8-12/h4-10,14-15H,11H2,1-3H3,(H,18,19)/t14-,15-/m0/s1. The topological polar surface area (TPSA) is 58.2 Å². The number of benzene rings is 1. The van der Waals surface area contributed by atoms with E-state index in [0.29, 0.717) is 5.69 Å². The number of carbonyl (C=O) groups is 1. The smallest absolute Gasteiger partial charge is 0.271 e. The lowest BCUT2D eigenvalue weighted by molar-refractivity contribution is -0.0887. The number of ether oxygens (including phenoxy) is 1. The molecule has 1 N–H and O–H groups in total. The van der Waals surface area contributed by atoms with Gasteiger partial charge in [-0.3, -0.25) is 9.89 Å². The lowest BCUT2D eigenvalue weighted by Crippen LogP contribution is -2.63. The Morgan fingerprint density at radius 1 is 1.32 bits per heavy atom. The first-order valence-corrected chi connectivity index (χ1v) is 7.48. The Balaban J connectivity index is 1.67. The average Bonchev–Trinajstić information content (AvgIpc) is 3.05. The van der Waals surface area contributed by atoms with Gasteiger partial charge in [0, 0.05) is 31.1 Å². The third kappa shape index (κ3) is 2.47. The molecule has 2 aromatic rings. The van der Waals surface area contributed by atoms with E-state index < -0.39 is 0 Å². The van der Waals surface area contributed by atoms with Crippen LogP contribution in [0.2, 0.25) is 0 Å². The Hall–Kier alpha value is -2.30. The molecule has 0 aliphatic heterocycles. The number of aromatic nitrogens is 2. The van der Waals surface area contributed by atoms with Crippen molar-refractivity contribution in [2.24, 2.45) is 5.41 Å². The van der Waals surface area contributed by atoms with Crippen molar-refractivity contribution < 1.29 is 9.53 Å². The Kier molecular flexibility index (Phi) is 3.64. The van der Waals surface area contributed by atoms with E-state index in [1.54, 1.807) is 17.2 Å². The summed E-state index contributed by atoms with van der Waals surface area (Å²) in [6, 6.07) is 11.7. The van der Waals surface area contributed by atoms with Crippen LogP contribution in [0.1, 0.15) is 30.8 Å². The summed E-state index contributed by atoms with van der Waals surface area (Å²) in [5.41, 5.74) is 0.422. The van der Waals surface area contributed by atoms with Crippen molar-refractivity contribution in [2.45, 2.75) is 32.4 Å². The molecule has 1 amide bonds. The third-order valence-electron chi connectivity index (χ3n) is 4.67. The minimum absolute atomic E-state index is 0.0336. The van der Waals surface area contributed by atoms with E-state index in [9.17, 15) is 4.79 Å². The van der Waals surface area contributed by atoms with Gasteiger partial charge in [-0.2, -0.15) is 5.10 Å². The van der Waals surface area contributed by atoms with Gasteiger partial charge >= 0.3 is 0 Å². The van der Waals surface area contributed by atoms with Crippen LogP contribution >= 0.6 is 0 Å². The lowest BCUT2D eigenvalue weighted by Gasteiger charge is -2.54. The summed E-state index contributed by atoms with van der Waals surface area (Å²) in [7, 11) is 1.84. The van der Waals surface area contributed by atoms with E-state index in [2.05, 4.69) is 24.0 Å². The minimum atomic E-state index is -0.0970. The number of rotatable bonds is 4. The maximum Gasteiger partial charge on any atom is 0.271 e. The monoisotopic (exact) mass is 299 g/mol. The van der Waals surface area contributed by atoms with Crippen molar-refractivity contribution in [3.05, 3.63) is 48.3 Å². The van der Waals surface area contributed by atoms with Crippen LogP contribution in [-0.2, 0) is 0 Å². The van der Waals surface area contributed by atoms with Crippen molar-refractivity contribution in [1.29, 1.82) is 0 Å². The van der Waals surface area contributed by atoms with Gasteiger partial charge in [-0.15, -0.1) is 0 Å². The molecule has 3 rings (SSSR count). The highest BCUT2D eigenvalue weighted by atomic mass is 16.5. The summed E-state index contributed by atoms with van der Waals surface area (Å²) in [6.07, 6.45) is 2.53. The molecule has 1 aromatic carbocycles. The van der Waals surface area contributed by atoms with Crippen LogP contribution in [0, 0.1) is 5.41 Å². The average molecular weight is 299 g/mol. The molecule has 22 heavy (non-hydrogen) atoms. The lowest BCUT2D eigenvalue weighted by atomic mass is 9.63. The summed E-state index contributed by atoms with van der Waals surface area (Å²) < 4.78 is 6.06. The van der Waals surface area contributed by atoms with Crippen LogP contribution < -0.4 is 4.74 Å². The fourth-order valence-corrected chi connectivity index (χ4v) is 3.09. The molecule has 0 spiro atoms. The van der Waals surface area contributed by atoms with E-state index in [4.69, 9.17) is 4.74 Å². The second-order valence-electron chi connectivity index (χ2n) is 6.38. The maximum absolute atomic E-state index is 12.4. The van der Waals surface area contributed by atoms with E-state index in [0.717, 1.165) is 12.2 Å². The molecule has 1 fully saturated rings. The maximum atomic E-state index is 12.4. The molecule has 0 radical (unpaired) electrons. The highest BCUT2D eigenvalue weighted by Gasteiger charge is 2.53. The molecular weight excluding hydrogens is 278 g/mol. The van der Waals surface area contributed by atoms with Crippen molar-refractivity contribution in [3.8, 4) is 5.75 Å². The molecule has 5 nitrogen and oxygen atoms in total. The Labute approximate surface area is 130 Å². The molecule has 0 unspecified atom stereocenters. The first-order valence-electron chi connectivity index (χ1n) is 7.48. The predicted octanol–water partition coefficient (Wildman–Crippen LogP) is 2.73. The Morgan fingerprint density at radius 2 is 2.05 bits per heavy atom. The number of carbonyl (C=O) groups excluding carboxylic acids is 1. The molecule has 1 aliphatic carbocycles. The Morgan fingerprint density at radius 3 is 2.64 bits per heavy atom. The van der Waals surface area contributed by atoms with E-state index in [1.807, 2.05) is 37.4 Å². The fraction of sp³-hybridized carbons (Fsp3) is 0.412. The van der Waals surface area contributed by atoms with E-state index >= 15 is 0 Å². The third-order valence-corrected chi connectivity index (χ3v) is 4.67. The van der Waals surface area contributed by atoms with Crippen LogP contribution in [0.15, 0.2) is 42.6 Å². The molecule has 116 valence electrons. The van der Waals surface area contributed by atoms with Gasteiger partial charge in [0.15, 0.2) is 0 Å². The summed E-state index contributed by atoms with van der Waals surface area (Å²) in [5, 5.41) is 6.57. The fourth-order valence-electron chi connectivity index (χ4n) is 3.09. The van der Waals surface area contributed by atoms with Crippen LogP contribution in [0.5, 0.6) is 5.75 Å². The molecule has 1 heterocycles. The normalized spacial score (nSPS) is 22.7. The van der Waals surface area contributed by atoms with Crippen LogP contribution in [0.25, 0.3) is 0 Å². The van der Waals surface area contributed by atoms with Crippen LogP contribution in [0.4, 0.5) is 0 Å². The molecular formula is C17H21N3O2. The van der Waals surface area contributed by atoms with Gasteiger partial charge in [0.2, 0.25) is 0 Å². The number of hydrogen-bond acceptors (Lipinski definition) is 3. The number of nitrogens with one attached hydrogen (secondary N) is 1. The van der Waals surface area contributed by atoms with Crippen molar-refractivity contribution in [3.63, 3.8) is 0 Å². The van der Waals surface area contributed by atoms with Crippen LogP contribution in [-0.4, -0.2) is 40.2 Å². The van der Waals surface area contributed by atoms with Gasteiger partial charge in [-0.05, 0) is 18.2 Å². The molecule has 0 bridgehead atoms. The van der Waals surface area contributed by atoms with Gasteiger partial charge in [-0.25, -0.2) is 0 Å². The highest BCUT2D eigenvalue weighted by molar-refractivity contribution is 5.92. The van der Waals surface area contributed by atoms with Gasteiger partial charge in [0.1, 0.15) is 17.5 Å². The largest absolute Gasteiger partial charge is 0.490 e. The van der Waals surface area contributed by atoms with Gasteiger partial charge in [-0.1, -0.05) is 32.0 Å². The number of hydrogen-bond donors (Lipinski definition) is 1. The number of H-pyrrole nitrogens is 1. The summed E-state index contributed by atoms with van der Waals surface area (Å²) in [4.78, 5) is 14.2. The SMILES string of the molecule is CN(C(=O)c1ccn[nH]1)[C@H]1C[C@H](Oc2ccccc2)C1(C)C. The minimum Gasteiger partial charge on any atom is -0.490 e. The second-order valence-corrected chi connectivity index (χ2v) is 6.38. The Bertz CT molecular complexity index is 637. The molecule has 5 heteroatoms. The highest BCUT2D eigenvalue weighted by Crippen LogP contribution is 2.45. The quantitative estimate of drug-likeness (QED) is 0.944. The van der Waals surface area contributed by atoms with E-state index in [-0.39, 0.29) is 23.5 Å². The first-order chi connectivity index (χ1) is 10.5. The molecule has 1 aromatic heterocycles. The first kappa shape index (κ1) is 14.6. The summed E-state index contributed by atoms with van der Waals surface area (Å²) in [5.74, 6) is 0.843. The number of nitrogens with zero attached hydrogens (tertiary/aromatic N) is 2.